The third kappa shape index (κ3) is 2.28. The third-order valence-electron chi connectivity index (χ3n) is 2.79. The van der Waals surface area contributed by atoms with Gasteiger partial charge in [-0.15, -0.1) is 0 Å². The predicted molar refractivity (Wildman–Crippen MR) is 75.3 cm³/mol. The van der Waals surface area contributed by atoms with Crippen LogP contribution in [0.2, 0.25) is 0 Å². The molecule has 3 nitrogen and oxygen atoms in total. The van der Waals surface area contributed by atoms with Gasteiger partial charge in [-0.1, -0.05) is 36.4 Å². The molecule has 0 unspecified atom stereocenters. The number of hydrogen-bond acceptors (Lipinski definition) is 3. The minimum Gasteiger partial charge on any atom is -0.507 e. The Hall–Kier alpha value is -2.38. The molecule has 1 aromatic heterocycles. The molecule has 0 bridgehead atoms. The van der Waals surface area contributed by atoms with Gasteiger partial charge in [-0.05, 0) is 12.1 Å². The predicted octanol–water partition coefficient (Wildman–Crippen LogP) is 2.78. The molecule has 0 aliphatic heterocycles. The molecule has 0 spiro atoms. The Morgan fingerprint density at radius 3 is 2.42 bits per heavy atom. The van der Waals surface area contributed by atoms with Crippen molar-refractivity contribution in [3.63, 3.8) is 0 Å². The van der Waals surface area contributed by atoms with Crippen molar-refractivity contribution < 1.29 is 9.52 Å². The maximum Gasteiger partial charge on any atom is 2.00 e. The molecule has 0 atom stereocenters. The second-order valence-electron chi connectivity index (χ2n) is 3.99. The Morgan fingerprint density at radius 1 is 0.947 bits per heavy atom. The van der Waals surface area contributed by atoms with E-state index in [1.165, 1.54) is 12.1 Å². The topological polar surface area (TPSA) is 50.4 Å². The molecule has 3 aromatic rings. The van der Waals surface area contributed by atoms with Crippen LogP contribution in [0.5, 0.6) is 5.75 Å². The molecule has 0 saturated carbocycles. The number of hydrogen-bond donors (Lipinski definition) is 1. The SMILES string of the molecule is O=c1cc(-c2ccccc2)oc2cccc(O)c12.[Be+2]. The van der Waals surface area contributed by atoms with Crippen molar-refractivity contribution in [3.05, 3.63) is 64.8 Å². The number of phenols is 1. The Labute approximate surface area is 113 Å². The first-order chi connectivity index (χ1) is 8.75. The van der Waals surface area contributed by atoms with Crippen molar-refractivity contribution in [1.82, 2.24) is 0 Å². The Balaban J connectivity index is 0.00000133. The van der Waals surface area contributed by atoms with E-state index in [0.717, 1.165) is 5.56 Å². The second-order valence-corrected chi connectivity index (χ2v) is 3.99. The van der Waals surface area contributed by atoms with Gasteiger partial charge in [-0.2, -0.15) is 0 Å². The van der Waals surface area contributed by atoms with Gasteiger partial charge >= 0.3 is 10.1 Å². The summed E-state index contributed by atoms with van der Waals surface area (Å²) < 4.78 is 5.65. The normalized spacial score (nSPS) is 10.1. The van der Waals surface area contributed by atoms with Gasteiger partial charge in [0.15, 0.2) is 5.43 Å². The van der Waals surface area contributed by atoms with Crippen LogP contribution in [0.15, 0.2) is 63.8 Å². The first kappa shape index (κ1) is 13.1. The maximum absolute atomic E-state index is 12.0. The number of rotatable bonds is 1. The van der Waals surface area contributed by atoms with E-state index < -0.39 is 0 Å². The van der Waals surface area contributed by atoms with E-state index in [4.69, 9.17) is 4.42 Å². The summed E-state index contributed by atoms with van der Waals surface area (Å²) in [6.07, 6.45) is 0. The second kappa shape index (κ2) is 5.09. The first-order valence-corrected chi connectivity index (χ1v) is 5.57. The fourth-order valence-corrected chi connectivity index (χ4v) is 1.94. The summed E-state index contributed by atoms with van der Waals surface area (Å²) in [6, 6.07) is 15.6. The van der Waals surface area contributed by atoms with E-state index in [0.29, 0.717) is 11.3 Å². The van der Waals surface area contributed by atoms with E-state index in [1.807, 2.05) is 30.3 Å². The largest absolute Gasteiger partial charge is 2.00 e. The summed E-state index contributed by atoms with van der Waals surface area (Å²) in [6.45, 7) is 0. The zero-order valence-electron chi connectivity index (χ0n) is 10.2. The third-order valence-corrected chi connectivity index (χ3v) is 2.79. The molecule has 19 heavy (non-hydrogen) atoms. The van der Waals surface area contributed by atoms with E-state index in [-0.39, 0.29) is 26.7 Å². The fourth-order valence-electron chi connectivity index (χ4n) is 1.94. The number of fused-ring (bicyclic) bond motifs is 1. The molecule has 0 amide bonds. The van der Waals surface area contributed by atoms with Crippen LogP contribution in [0, 0.1) is 0 Å². The van der Waals surface area contributed by atoms with Crippen molar-refractivity contribution in [2.45, 2.75) is 0 Å². The van der Waals surface area contributed by atoms with Crippen molar-refractivity contribution in [1.29, 1.82) is 0 Å². The van der Waals surface area contributed by atoms with Crippen LogP contribution in [-0.2, 0) is 0 Å². The summed E-state index contributed by atoms with van der Waals surface area (Å²) in [7, 11) is 0. The molecular weight excluding hydrogens is 237 g/mol. The zero-order chi connectivity index (χ0) is 12.5. The van der Waals surface area contributed by atoms with E-state index in [1.54, 1.807) is 12.1 Å². The van der Waals surface area contributed by atoms with Gasteiger partial charge in [-0.25, -0.2) is 0 Å². The standard InChI is InChI=1S/C15H10O3.Be/c16-11-7-4-8-13-15(11)12(17)9-14(18-13)10-5-2-1-3-6-10;/h1-9,16H;/q;+2. The Kier molecular flexibility index (Phi) is 3.50. The average molecular weight is 247 g/mol. The Morgan fingerprint density at radius 2 is 1.68 bits per heavy atom. The minimum absolute atomic E-state index is 0. The average Bonchev–Trinajstić information content (AvgIpc) is 2.39. The monoisotopic (exact) mass is 247 g/mol. The molecule has 1 heterocycles. The molecule has 4 heteroatoms. The molecule has 3 rings (SSSR count). The molecule has 0 aliphatic carbocycles. The van der Waals surface area contributed by atoms with E-state index in [9.17, 15) is 9.90 Å². The van der Waals surface area contributed by atoms with Crippen molar-refractivity contribution in [3.8, 4) is 17.1 Å². The molecule has 2 aromatic carbocycles. The van der Waals surface area contributed by atoms with Crippen molar-refractivity contribution in [2.75, 3.05) is 0 Å². The minimum atomic E-state index is -0.242. The molecular formula is C15H10BeO3+2. The molecule has 0 fully saturated rings. The van der Waals surface area contributed by atoms with Gasteiger partial charge in [-0.3, -0.25) is 4.79 Å². The van der Waals surface area contributed by atoms with Crippen LogP contribution in [-0.4, -0.2) is 15.2 Å². The first-order valence-electron chi connectivity index (χ1n) is 5.57. The van der Waals surface area contributed by atoms with Crippen LogP contribution in [0.3, 0.4) is 0 Å². The number of aromatic hydroxyl groups is 1. The summed E-state index contributed by atoms with van der Waals surface area (Å²) in [5, 5.41) is 9.87. The van der Waals surface area contributed by atoms with Crippen molar-refractivity contribution >= 4 is 21.1 Å². The van der Waals surface area contributed by atoms with Crippen LogP contribution in [0.25, 0.3) is 22.3 Å². The van der Waals surface area contributed by atoms with Crippen LogP contribution < -0.4 is 5.43 Å². The molecule has 0 aliphatic rings. The smallest absolute Gasteiger partial charge is 0.507 e. The summed E-state index contributed by atoms with van der Waals surface area (Å²) in [5.74, 6) is 0.444. The van der Waals surface area contributed by atoms with Crippen LogP contribution >= 0.6 is 0 Å². The number of benzene rings is 2. The van der Waals surface area contributed by atoms with E-state index in [2.05, 4.69) is 0 Å². The van der Waals surface area contributed by atoms with Gasteiger partial charge in [0.25, 0.3) is 0 Å². The molecule has 1 N–H and O–H groups in total. The zero-order valence-corrected chi connectivity index (χ0v) is 10.2. The number of phenolic OH excluding ortho intramolecular Hbond substituents is 1. The molecule has 0 radical (unpaired) electrons. The van der Waals surface area contributed by atoms with Crippen molar-refractivity contribution in [2.24, 2.45) is 0 Å². The summed E-state index contributed by atoms with van der Waals surface area (Å²) in [4.78, 5) is 12.0. The maximum atomic E-state index is 12.0. The van der Waals surface area contributed by atoms with E-state index >= 15 is 0 Å². The quantitative estimate of drug-likeness (QED) is 0.673. The van der Waals surface area contributed by atoms with Gasteiger partial charge < -0.3 is 9.52 Å². The summed E-state index contributed by atoms with van der Waals surface area (Å²) >= 11 is 0. The van der Waals surface area contributed by atoms with Gasteiger partial charge in [0, 0.05) is 11.6 Å². The molecule has 0 saturated heterocycles. The van der Waals surface area contributed by atoms with Gasteiger partial charge in [0.1, 0.15) is 22.5 Å². The summed E-state index contributed by atoms with van der Waals surface area (Å²) in [5.41, 5.74) is 0.981. The Bertz CT molecular complexity index is 763. The fraction of sp³-hybridized carbons (Fsp3) is 0. The van der Waals surface area contributed by atoms with Gasteiger partial charge in [0.05, 0.1) is 0 Å². The molecule has 88 valence electrons. The van der Waals surface area contributed by atoms with Crippen LogP contribution in [0.4, 0.5) is 0 Å². The van der Waals surface area contributed by atoms with Gasteiger partial charge in [0.2, 0.25) is 0 Å². The van der Waals surface area contributed by atoms with Crippen LogP contribution in [0.1, 0.15) is 0 Å².